The zero-order valence-electron chi connectivity index (χ0n) is 15.0. The quantitative estimate of drug-likeness (QED) is 0.565. The number of esters is 1. The Morgan fingerprint density at radius 2 is 1.93 bits per heavy atom. The van der Waals surface area contributed by atoms with E-state index in [-0.39, 0.29) is 11.9 Å². The molecule has 0 bridgehead atoms. The second-order valence-electron chi connectivity index (χ2n) is 6.20. The first-order valence-electron chi connectivity index (χ1n) is 8.65. The van der Waals surface area contributed by atoms with Gasteiger partial charge in [-0.25, -0.2) is 4.79 Å². The standard InChI is InChI=1S/C20H21ClN2O3S/c1-26-20(25)19(16-4-2-3-5-17(16)21)23-11-9-22(10-12-23)18(24)7-6-15-8-13-27-14-15/h2-8,13-14,19H,9-12H2,1H3/b7-6+. The second-order valence-corrected chi connectivity index (χ2v) is 7.39. The van der Waals surface area contributed by atoms with Gasteiger partial charge in [-0.05, 0) is 40.1 Å². The lowest BCUT2D eigenvalue weighted by Gasteiger charge is -2.38. The number of rotatable bonds is 5. The lowest BCUT2D eigenvalue weighted by molar-refractivity contribution is -0.148. The molecule has 1 fully saturated rings. The summed E-state index contributed by atoms with van der Waals surface area (Å²) < 4.78 is 5.00. The number of carbonyl (C=O) groups excluding carboxylic acids is 2. The van der Waals surface area contributed by atoms with Gasteiger partial charge >= 0.3 is 5.97 Å². The maximum absolute atomic E-state index is 12.4. The average molecular weight is 405 g/mol. The molecule has 0 N–H and O–H groups in total. The van der Waals surface area contributed by atoms with Crippen molar-refractivity contribution in [2.75, 3.05) is 33.3 Å². The minimum Gasteiger partial charge on any atom is -0.468 e. The summed E-state index contributed by atoms with van der Waals surface area (Å²) in [5, 5.41) is 4.50. The van der Waals surface area contributed by atoms with E-state index in [4.69, 9.17) is 16.3 Å². The van der Waals surface area contributed by atoms with Crippen molar-refractivity contribution in [3.05, 3.63) is 63.3 Å². The summed E-state index contributed by atoms with van der Waals surface area (Å²) in [6.07, 6.45) is 3.43. The Morgan fingerprint density at radius 1 is 1.19 bits per heavy atom. The summed E-state index contributed by atoms with van der Waals surface area (Å²) in [5.74, 6) is -0.367. The number of piperazine rings is 1. The number of carbonyl (C=O) groups is 2. The van der Waals surface area contributed by atoms with Crippen LogP contribution in [0, 0.1) is 0 Å². The van der Waals surface area contributed by atoms with Gasteiger partial charge in [0.15, 0.2) is 0 Å². The van der Waals surface area contributed by atoms with Gasteiger partial charge in [-0.3, -0.25) is 9.69 Å². The summed E-state index contributed by atoms with van der Waals surface area (Å²) in [6, 6.07) is 8.69. The summed E-state index contributed by atoms with van der Waals surface area (Å²) in [5.41, 5.74) is 1.75. The molecular formula is C20H21ClN2O3S. The second kappa shape index (κ2) is 9.17. The molecule has 1 atom stereocenters. The number of nitrogens with zero attached hydrogens (tertiary/aromatic N) is 2. The number of halogens is 1. The normalized spacial score (nSPS) is 16.4. The first-order chi connectivity index (χ1) is 13.1. The van der Waals surface area contributed by atoms with Crippen LogP contribution in [0.15, 0.2) is 47.2 Å². The molecule has 142 valence electrons. The molecule has 0 saturated carbocycles. The van der Waals surface area contributed by atoms with Crippen molar-refractivity contribution in [1.29, 1.82) is 0 Å². The summed E-state index contributed by atoms with van der Waals surface area (Å²) in [4.78, 5) is 28.6. The molecule has 3 rings (SSSR count). The van der Waals surface area contributed by atoms with E-state index in [2.05, 4.69) is 0 Å². The molecule has 1 unspecified atom stereocenters. The van der Waals surface area contributed by atoms with Crippen molar-refractivity contribution in [3.8, 4) is 0 Å². The fourth-order valence-corrected chi connectivity index (χ4v) is 3.99. The molecular weight excluding hydrogens is 384 g/mol. The van der Waals surface area contributed by atoms with Crippen LogP contribution in [0.4, 0.5) is 0 Å². The zero-order valence-corrected chi connectivity index (χ0v) is 16.6. The van der Waals surface area contributed by atoms with E-state index in [1.807, 2.05) is 46.0 Å². The highest BCUT2D eigenvalue weighted by atomic mass is 35.5. The van der Waals surface area contributed by atoms with Gasteiger partial charge in [-0.2, -0.15) is 11.3 Å². The number of amides is 1. The minimum absolute atomic E-state index is 0.0202. The molecule has 0 aliphatic carbocycles. The van der Waals surface area contributed by atoms with Gasteiger partial charge < -0.3 is 9.64 Å². The van der Waals surface area contributed by atoms with E-state index in [0.717, 1.165) is 11.1 Å². The highest BCUT2D eigenvalue weighted by molar-refractivity contribution is 7.08. The zero-order chi connectivity index (χ0) is 19.2. The number of hydrogen-bond donors (Lipinski definition) is 0. The Hall–Kier alpha value is -2.15. The fraction of sp³-hybridized carbons (Fsp3) is 0.300. The average Bonchev–Trinajstić information content (AvgIpc) is 3.22. The summed E-state index contributed by atoms with van der Waals surface area (Å²) >= 11 is 7.90. The Labute approximate surface area is 167 Å². The largest absolute Gasteiger partial charge is 0.468 e. The van der Waals surface area contributed by atoms with Crippen LogP contribution < -0.4 is 0 Å². The Bertz CT molecular complexity index is 814. The highest BCUT2D eigenvalue weighted by Crippen LogP contribution is 2.29. The van der Waals surface area contributed by atoms with Crippen LogP contribution in [0.1, 0.15) is 17.2 Å². The molecule has 1 aromatic carbocycles. The fourth-order valence-electron chi connectivity index (χ4n) is 3.12. The first kappa shape index (κ1) is 19.6. The van der Waals surface area contributed by atoms with E-state index in [1.165, 1.54) is 7.11 Å². The number of ether oxygens (including phenoxy) is 1. The van der Waals surface area contributed by atoms with Crippen molar-refractivity contribution in [2.45, 2.75) is 6.04 Å². The Morgan fingerprint density at radius 3 is 2.56 bits per heavy atom. The molecule has 1 amide bonds. The molecule has 1 saturated heterocycles. The van der Waals surface area contributed by atoms with Crippen LogP contribution in [-0.2, 0) is 14.3 Å². The van der Waals surface area contributed by atoms with Gasteiger partial charge in [0.25, 0.3) is 0 Å². The van der Waals surface area contributed by atoms with Crippen molar-refractivity contribution in [1.82, 2.24) is 9.80 Å². The van der Waals surface area contributed by atoms with Gasteiger partial charge in [0.2, 0.25) is 5.91 Å². The predicted molar refractivity (Wildman–Crippen MR) is 108 cm³/mol. The molecule has 2 heterocycles. The molecule has 27 heavy (non-hydrogen) atoms. The van der Waals surface area contributed by atoms with E-state index in [0.29, 0.717) is 31.2 Å². The van der Waals surface area contributed by atoms with E-state index in [1.54, 1.807) is 28.4 Å². The van der Waals surface area contributed by atoms with Crippen molar-refractivity contribution in [2.24, 2.45) is 0 Å². The highest BCUT2D eigenvalue weighted by Gasteiger charge is 2.33. The van der Waals surface area contributed by atoms with Crippen LogP contribution >= 0.6 is 22.9 Å². The predicted octanol–water partition coefficient (Wildman–Crippen LogP) is 3.47. The van der Waals surface area contributed by atoms with E-state index < -0.39 is 6.04 Å². The number of hydrogen-bond acceptors (Lipinski definition) is 5. The molecule has 1 aliphatic heterocycles. The lowest BCUT2D eigenvalue weighted by Crippen LogP contribution is -2.50. The number of benzene rings is 1. The Kier molecular flexibility index (Phi) is 6.66. The molecule has 0 radical (unpaired) electrons. The van der Waals surface area contributed by atoms with Crippen LogP contribution in [0.5, 0.6) is 0 Å². The minimum atomic E-state index is -0.567. The van der Waals surface area contributed by atoms with Crippen LogP contribution in [0.25, 0.3) is 6.08 Å². The smallest absolute Gasteiger partial charge is 0.327 e. The monoisotopic (exact) mass is 404 g/mol. The van der Waals surface area contributed by atoms with Crippen molar-refractivity contribution < 1.29 is 14.3 Å². The van der Waals surface area contributed by atoms with Gasteiger partial charge in [-0.1, -0.05) is 29.8 Å². The molecule has 1 aliphatic rings. The third-order valence-corrected chi connectivity index (χ3v) is 5.62. The van der Waals surface area contributed by atoms with Crippen molar-refractivity contribution >= 4 is 40.9 Å². The van der Waals surface area contributed by atoms with Gasteiger partial charge in [0, 0.05) is 37.3 Å². The molecule has 2 aromatic rings. The first-order valence-corrected chi connectivity index (χ1v) is 9.97. The van der Waals surface area contributed by atoms with Crippen LogP contribution in [-0.4, -0.2) is 55.0 Å². The summed E-state index contributed by atoms with van der Waals surface area (Å²) in [7, 11) is 1.38. The SMILES string of the molecule is COC(=O)C(c1ccccc1Cl)N1CCN(C(=O)/C=C/c2ccsc2)CC1. The number of methoxy groups -OCH3 is 1. The van der Waals surface area contributed by atoms with E-state index >= 15 is 0 Å². The maximum Gasteiger partial charge on any atom is 0.327 e. The van der Waals surface area contributed by atoms with E-state index in [9.17, 15) is 9.59 Å². The number of thiophene rings is 1. The molecule has 7 heteroatoms. The van der Waals surface area contributed by atoms with Gasteiger partial charge in [-0.15, -0.1) is 0 Å². The third kappa shape index (κ3) is 4.77. The molecule has 5 nitrogen and oxygen atoms in total. The van der Waals surface area contributed by atoms with Gasteiger partial charge in [0.1, 0.15) is 6.04 Å². The Balaban J connectivity index is 1.66. The molecule has 0 spiro atoms. The topological polar surface area (TPSA) is 49.9 Å². The van der Waals surface area contributed by atoms with Gasteiger partial charge in [0.05, 0.1) is 7.11 Å². The van der Waals surface area contributed by atoms with Crippen LogP contribution in [0.2, 0.25) is 5.02 Å². The molecule has 1 aromatic heterocycles. The lowest BCUT2D eigenvalue weighted by atomic mass is 10.0. The maximum atomic E-state index is 12.4. The van der Waals surface area contributed by atoms with Crippen molar-refractivity contribution in [3.63, 3.8) is 0 Å². The van der Waals surface area contributed by atoms with Crippen LogP contribution in [0.3, 0.4) is 0 Å². The third-order valence-electron chi connectivity index (χ3n) is 4.58. The summed E-state index contributed by atoms with van der Waals surface area (Å²) in [6.45, 7) is 2.24.